The largest absolute Gasteiger partial charge is 0.490 e. The maximum atomic E-state index is 12.8. The molecule has 0 unspecified atom stereocenters. The molecule has 142 valence electrons. The van der Waals surface area contributed by atoms with E-state index in [1.54, 1.807) is 18.2 Å². The van der Waals surface area contributed by atoms with Gasteiger partial charge in [0.05, 0.1) is 22.3 Å². The van der Waals surface area contributed by atoms with E-state index < -0.39 is 32.4 Å². The van der Waals surface area contributed by atoms with Gasteiger partial charge < -0.3 is 9.15 Å². The van der Waals surface area contributed by atoms with E-state index in [-0.39, 0.29) is 22.3 Å². The van der Waals surface area contributed by atoms with Crippen LogP contribution in [-0.2, 0) is 6.42 Å². The Bertz CT molecular complexity index is 1180. The number of nitro groups is 2. The van der Waals surface area contributed by atoms with Crippen molar-refractivity contribution in [1.82, 2.24) is 0 Å². The van der Waals surface area contributed by atoms with E-state index in [4.69, 9.17) is 9.15 Å². The van der Waals surface area contributed by atoms with Crippen LogP contribution in [0.25, 0.3) is 22.3 Å². The molecule has 0 fully saturated rings. The fourth-order valence-corrected chi connectivity index (χ4v) is 2.99. The van der Waals surface area contributed by atoms with Crippen LogP contribution in [0.3, 0.4) is 0 Å². The summed E-state index contributed by atoms with van der Waals surface area (Å²) in [5, 5.41) is 23.2. The number of ether oxygens (including phenoxy) is 1. The van der Waals surface area contributed by atoms with Gasteiger partial charge in [0.1, 0.15) is 11.1 Å². The van der Waals surface area contributed by atoms with Gasteiger partial charge in [-0.3, -0.25) is 25.0 Å². The summed E-state index contributed by atoms with van der Waals surface area (Å²) in [6.07, 6.45) is 1.93. The van der Waals surface area contributed by atoms with Gasteiger partial charge in [-0.2, -0.15) is 0 Å². The summed E-state index contributed by atoms with van der Waals surface area (Å²) in [4.78, 5) is 34.4. The third kappa shape index (κ3) is 2.98. The summed E-state index contributed by atoms with van der Waals surface area (Å²) in [6.45, 7) is 3.64. The maximum absolute atomic E-state index is 12.8. The quantitative estimate of drug-likeness (QED) is 0.358. The van der Waals surface area contributed by atoms with E-state index in [1.807, 2.05) is 0 Å². The van der Waals surface area contributed by atoms with Gasteiger partial charge in [-0.1, -0.05) is 24.3 Å². The van der Waals surface area contributed by atoms with Crippen molar-refractivity contribution in [2.45, 2.75) is 6.42 Å². The van der Waals surface area contributed by atoms with Crippen molar-refractivity contribution in [3.8, 4) is 17.1 Å². The summed E-state index contributed by atoms with van der Waals surface area (Å²) in [5.74, 6) is -0.608. The van der Waals surface area contributed by atoms with Gasteiger partial charge in [-0.05, 0) is 30.2 Å². The second-order valence-corrected chi connectivity index (χ2v) is 5.77. The standard InChI is InChI=1S/C19H14N2O7/c1-3-6-11-7-4-9-13-17(22)16(21(25)26)19(28-18(11)13)12-8-5-10-14(27-2)15(12)20(23)24/h3-5,7-10H,1,6H2,2H3. The topological polar surface area (TPSA) is 126 Å². The maximum Gasteiger partial charge on any atom is 0.359 e. The molecule has 1 heterocycles. The van der Waals surface area contributed by atoms with Gasteiger partial charge in [-0.15, -0.1) is 6.58 Å². The Kier molecular flexibility index (Phi) is 4.90. The molecule has 3 aromatic rings. The number of benzene rings is 2. The molecule has 9 nitrogen and oxygen atoms in total. The highest BCUT2D eigenvalue weighted by Gasteiger charge is 2.33. The van der Waals surface area contributed by atoms with Crippen LogP contribution < -0.4 is 10.2 Å². The van der Waals surface area contributed by atoms with Crippen LogP contribution in [-0.4, -0.2) is 17.0 Å². The molecule has 0 radical (unpaired) electrons. The summed E-state index contributed by atoms with van der Waals surface area (Å²) in [5.41, 5.74) is -1.82. The molecule has 0 aliphatic carbocycles. The second kappa shape index (κ2) is 7.31. The van der Waals surface area contributed by atoms with Crippen molar-refractivity contribution >= 4 is 22.3 Å². The molecule has 0 saturated carbocycles. The molecule has 0 N–H and O–H groups in total. The number of hydrogen-bond acceptors (Lipinski definition) is 7. The zero-order chi connectivity index (χ0) is 20.4. The van der Waals surface area contributed by atoms with E-state index >= 15 is 0 Å². The van der Waals surface area contributed by atoms with E-state index in [2.05, 4.69) is 6.58 Å². The molecule has 0 saturated heterocycles. The van der Waals surface area contributed by atoms with Crippen LogP contribution in [0.2, 0.25) is 0 Å². The zero-order valence-electron chi connectivity index (χ0n) is 14.7. The summed E-state index contributed by atoms with van der Waals surface area (Å²) in [6, 6.07) is 8.71. The minimum atomic E-state index is -0.899. The average Bonchev–Trinajstić information content (AvgIpc) is 2.67. The molecular weight excluding hydrogens is 368 g/mol. The van der Waals surface area contributed by atoms with Crippen LogP contribution in [0.15, 0.2) is 58.3 Å². The molecule has 0 atom stereocenters. The van der Waals surface area contributed by atoms with E-state index in [9.17, 15) is 25.0 Å². The monoisotopic (exact) mass is 382 g/mol. The molecule has 28 heavy (non-hydrogen) atoms. The number of para-hydroxylation sites is 2. The van der Waals surface area contributed by atoms with Crippen LogP contribution >= 0.6 is 0 Å². The normalized spacial score (nSPS) is 10.6. The highest BCUT2D eigenvalue weighted by atomic mass is 16.6. The first-order chi connectivity index (χ1) is 13.4. The number of hydrogen-bond donors (Lipinski definition) is 0. The van der Waals surface area contributed by atoms with Gasteiger partial charge in [-0.25, -0.2) is 0 Å². The number of fused-ring (bicyclic) bond motifs is 1. The van der Waals surface area contributed by atoms with Crippen molar-refractivity contribution in [3.63, 3.8) is 0 Å². The van der Waals surface area contributed by atoms with Crippen molar-refractivity contribution in [2.24, 2.45) is 0 Å². The van der Waals surface area contributed by atoms with Crippen LogP contribution in [0.5, 0.6) is 5.75 Å². The highest BCUT2D eigenvalue weighted by Crippen LogP contribution is 2.41. The molecule has 0 amide bonds. The van der Waals surface area contributed by atoms with Crippen molar-refractivity contribution < 1.29 is 19.0 Å². The molecule has 2 aromatic carbocycles. The van der Waals surface area contributed by atoms with E-state index in [1.165, 1.54) is 31.4 Å². The van der Waals surface area contributed by atoms with E-state index in [0.29, 0.717) is 12.0 Å². The number of nitro benzene ring substituents is 1. The Labute approximate surface area is 157 Å². The molecule has 9 heteroatoms. The summed E-state index contributed by atoms with van der Waals surface area (Å²) < 4.78 is 10.8. The van der Waals surface area contributed by atoms with E-state index in [0.717, 1.165) is 0 Å². The Balaban J connectivity index is 2.51. The van der Waals surface area contributed by atoms with Gasteiger partial charge in [0.15, 0.2) is 5.75 Å². The van der Waals surface area contributed by atoms with Crippen LogP contribution in [0.4, 0.5) is 11.4 Å². The van der Waals surface area contributed by atoms with Gasteiger partial charge >= 0.3 is 11.4 Å². The minimum Gasteiger partial charge on any atom is -0.490 e. The Morgan fingerprint density at radius 1 is 1.11 bits per heavy atom. The molecular formula is C19H14N2O7. The lowest BCUT2D eigenvalue weighted by Crippen LogP contribution is -2.11. The lowest BCUT2D eigenvalue weighted by Gasteiger charge is -2.09. The first-order valence-corrected chi connectivity index (χ1v) is 8.06. The number of methoxy groups -OCH3 is 1. The van der Waals surface area contributed by atoms with Gasteiger partial charge in [0, 0.05) is 0 Å². The minimum absolute atomic E-state index is 0.0142. The predicted molar refractivity (Wildman–Crippen MR) is 102 cm³/mol. The summed E-state index contributed by atoms with van der Waals surface area (Å²) in [7, 11) is 1.24. The fraction of sp³-hybridized carbons (Fsp3) is 0.105. The molecule has 1 aromatic heterocycles. The van der Waals surface area contributed by atoms with Crippen LogP contribution in [0, 0.1) is 20.2 Å². The van der Waals surface area contributed by atoms with Crippen molar-refractivity contribution in [2.75, 3.05) is 7.11 Å². The predicted octanol–water partition coefficient (Wildman–Crippen LogP) is 4.01. The van der Waals surface area contributed by atoms with Gasteiger partial charge in [0.25, 0.3) is 5.43 Å². The first kappa shape index (κ1) is 18.8. The molecule has 3 rings (SSSR count). The molecule has 0 spiro atoms. The molecule has 0 bridgehead atoms. The third-order valence-corrected chi connectivity index (χ3v) is 4.17. The lowest BCUT2D eigenvalue weighted by molar-refractivity contribution is -0.388. The van der Waals surface area contributed by atoms with Crippen LogP contribution in [0.1, 0.15) is 5.56 Å². The average molecular weight is 382 g/mol. The first-order valence-electron chi connectivity index (χ1n) is 8.06. The fourth-order valence-electron chi connectivity index (χ4n) is 2.99. The van der Waals surface area contributed by atoms with Crippen molar-refractivity contribution in [1.29, 1.82) is 0 Å². The number of rotatable bonds is 6. The lowest BCUT2D eigenvalue weighted by atomic mass is 10.0. The smallest absolute Gasteiger partial charge is 0.359 e. The third-order valence-electron chi connectivity index (χ3n) is 4.17. The number of allylic oxidation sites excluding steroid dienone is 1. The second-order valence-electron chi connectivity index (χ2n) is 5.77. The highest BCUT2D eigenvalue weighted by molar-refractivity contribution is 5.88. The Morgan fingerprint density at radius 2 is 1.79 bits per heavy atom. The Morgan fingerprint density at radius 3 is 2.39 bits per heavy atom. The van der Waals surface area contributed by atoms with Gasteiger partial charge in [0.2, 0.25) is 5.76 Å². The summed E-state index contributed by atoms with van der Waals surface area (Å²) >= 11 is 0. The Hall–Kier alpha value is -4.01. The SMILES string of the molecule is C=CCc1cccc2c(=O)c([N+](=O)[O-])c(-c3cccc(OC)c3[N+](=O)[O-])oc12. The molecule has 0 aliphatic heterocycles. The van der Waals surface area contributed by atoms with Crippen molar-refractivity contribution in [3.05, 3.63) is 85.1 Å². The molecule has 0 aliphatic rings. The zero-order valence-corrected chi connectivity index (χ0v) is 14.7. The number of nitrogens with zero attached hydrogens (tertiary/aromatic N) is 2.